The van der Waals surface area contributed by atoms with Crippen LogP contribution in [0.3, 0.4) is 0 Å². The fourth-order valence-corrected chi connectivity index (χ4v) is 1.44. The van der Waals surface area contributed by atoms with Gasteiger partial charge in [-0.1, -0.05) is 0 Å². The van der Waals surface area contributed by atoms with Crippen molar-refractivity contribution < 1.29 is 9.72 Å². The van der Waals surface area contributed by atoms with E-state index in [4.69, 9.17) is 5.84 Å². The van der Waals surface area contributed by atoms with E-state index >= 15 is 0 Å². The SMILES string of the molecule is CC(Nc1nc(NN)ccc1[N+](=O)[O-])C(=O)N(C)C. The number of carbonyl (C=O) groups excluding carboxylic acids is 1. The summed E-state index contributed by atoms with van der Waals surface area (Å²) in [6.45, 7) is 1.59. The first-order valence-corrected chi connectivity index (χ1v) is 5.46. The molecule has 0 aliphatic rings. The molecule has 0 aliphatic heterocycles. The molecule has 0 saturated carbocycles. The molecule has 1 aromatic heterocycles. The fourth-order valence-electron chi connectivity index (χ4n) is 1.44. The highest BCUT2D eigenvalue weighted by Gasteiger charge is 2.21. The van der Waals surface area contributed by atoms with Crippen LogP contribution >= 0.6 is 0 Å². The molecule has 1 rings (SSSR count). The van der Waals surface area contributed by atoms with Crippen molar-refractivity contribution in [2.24, 2.45) is 5.84 Å². The van der Waals surface area contributed by atoms with Crippen LogP contribution in [0, 0.1) is 10.1 Å². The van der Waals surface area contributed by atoms with Gasteiger partial charge in [0.25, 0.3) is 0 Å². The average Bonchev–Trinajstić information content (AvgIpc) is 2.36. The first kappa shape index (κ1) is 14.6. The molecule has 0 fully saturated rings. The molecule has 104 valence electrons. The van der Waals surface area contributed by atoms with Gasteiger partial charge in [0, 0.05) is 20.2 Å². The number of amides is 1. The average molecular weight is 268 g/mol. The van der Waals surface area contributed by atoms with Crippen molar-refractivity contribution in [1.29, 1.82) is 0 Å². The van der Waals surface area contributed by atoms with E-state index in [0.29, 0.717) is 0 Å². The molecule has 1 amide bonds. The Hall–Kier alpha value is -2.42. The molecule has 9 heteroatoms. The zero-order valence-corrected chi connectivity index (χ0v) is 10.9. The van der Waals surface area contributed by atoms with Gasteiger partial charge in [-0.05, 0) is 13.0 Å². The summed E-state index contributed by atoms with van der Waals surface area (Å²) >= 11 is 0. The summed E-state index contributed by atoms with van der Waals surface area (Å²) in [4.78, 5) is 27.3. The monoisotopic (exact) mass is 268 g/mol. The Morgan fingerprint density at radius 1 is 1.53 bits per heavy atom. The van der Waals surface area contributed by atoms with E-state index < -0.39 is 11.0 Å². The number of hydrazine groups is 1. The number of pyridine rings is 1. The molecule has 0 bridgehead atoms. The third kappa shape index (κ3) is 3.52. The van der Waals surface area contributed by atoms with Crippen molar-refractivity contribution in [2.45, 2.75) is 13.0 Å². The minimum absolute atomic E-state index is 0.0110. The fraction of sp³-hybridized carbons (Fsp3) is 0.400. The van der Waals surface area contributed by atoms with Gasteiger partial charge in [0.1, 0.15) is 11.9 Å². The van der Waals surface area contributed by atoms with Crippen molar-refractivity contribution >= 4 is 23.2 Å². The van der Waals surface area contributed by atoms with Crippen LogP contribution in [0.25, 0.3) is 0 Å². The second-order valence-electron chi connectivity index (χ2n) is 4.06. The van der Waals surface area contributed by atoms with E-state index in [9.17, 15) is 14.9 Å². The molecule has 1 aromatic rings. The number of anilines is 2. The third-order valence-corrected chi connectivity index (χ3v) is 2.38. The van der Waals surface area contributed by atoms with Crippen LogP contribution in [-0.4, -0.2) is 40.9 Å². The van der Waals surface area contributed by atoms with Gasteiger partial charge in [0.2, 0.25) is 11.7 Å². The highest BCUT2D eigenvalue weighted by molar-refractivity contribution is 5.84. The lowest BCUT2D eigenvalue weighted by Crippen LogP contribution is -2.37. The number of nitrogens with zero attached hydrogens (tertiary/aromatic N) is 3. The van der Waals surface area contributed by atoms with Gasteiger partial charge < -0.3 is 15.6 Å². The minimum atomic E-state index is -0.644. The Morgan fingerprint density at radius 2 is 2.16 bits per heavy atom. The molecule has 1 heterocycles. The number of likely N-dealkylation sites (N-methyl/N-ethyl adjacent to an activating group) is 1. The van der Waals surface area contributed by atoms with Crippen LogP contribution in [0.4, 0.5) is 17.3 Å². The van der Waals surface area contributed by atoms with E-state index in [1.165, 1.54) is 17.0 Å². The topological polar surface area (TPSA) is 126 Å². The summed E-state index contributed by atoms with van der Waals surface area (Å²) in [5, 5.41) is 13.6. The van der Waals surface area contributed by atoms with Gasteiger partial charge in [-0.3, -0.25) is 14.9 Å². The van der Waals surface area contributed by atoms with E-state index in [2.05, 4.69) is 15.7 Å². The molecule has 19 heavy (non-hydrogen) atoms. The van der Waals surface area contributed by atoms with E-state index in [0.717, 1.165) is 0 Å². The van der Waals surface area contributed by atoms with Crippen molar-refractivity contribution in [1.82, 2.24) is 9.88 Å². The van der Waals surface area contributed by atoms with Gasteiger partial charge in [-0.25, -0.2) is 10.8 Å². The zero-order valence-electron chi connectivity index (χ0n) is 10.9. The van der Waals surface area contributed by atoms with Gasteiger partial charge >= 0.3 is 5.69 Å². The summed E-state index contributed by atoms with van der Waals surface area (Å²) < 4.78 is 0. The summed E-state index contributed by atoms with van der Waals surface area (Å²) in [6, 6.07) is 1.99. The quantitative estimate of drug-likeness (QED) is 0.394. The van der Waals surface area contributed by atoms with Crippen LogP contribution in [0.5, 0.6) is 0 Å². The van der Waals surface area contributed by atoms with Crippen molar-refractivity contribution in [3.05, 3.63) is 22.2 Å². The van der Waals surface area contributed by atoms with Crippen LogP contribution in [0.2, 0.25) is 0 Å². The summed E-state index contributed by atoms with van der Waals surface area (Å²) in [5.74, 6) is 5.23. The highest BCUT2D eigenvalue weighted by Crippen LogP contribution is 2.24. The number of aromatic nitrogens is 1. The molecule has 1 unspecified atom stereocenters. The Morgan fingerprint density at radius 3 is 2.63 bits per heavy atom. The van der Waals surface area contributed by atoms with Crippen LogP contribution in [0.15, 0.2) is 12.1 Å². The molecule has 0 saturated heterocycles. The smallest absolute Gasteiger partial charge is 0.311 e. The summed E-state index contributed by atoms with van der Waals surface area (Å²) in [6.07, 6.45) is 0. The van der Waals surface area contributed by atoms with Gasteiger partial charge in [-0.2, -0.15) is 0 Å². The number of nitro groups is 1. The van der Waals surface area contributed by atoms with Crippen molar-refractivity contribution in [2.75, 3.05) is 24.8 Å². The predicted molar refractivity (Wildman–Crippen MR) is 70.5 cm³/mol. The number of nitrogen functional groups attached to an aromatic ring is 1. The van der Waals surface area contributed by atoms with Crippen molar-refractivity contribution in [3.8, 4) is 0 Å². The summed E-state index contributed by atoms with van der Waals surface area (Å²) in [7, 11) is 3.19. The van der Waals surface area contributed by atoms with E-state index in [1.54, 1.807) is 21.0 Å². The second kappa shape index (κ2) is 5.96. The standard InChI is InChI=1S/C10H16N6O3/c1-6(10(17)15(2)3)12-9-7(16(18)19)4-5-8(13-9)14-11/h4-6H,11H2,1-3H3,(H2,12,13,14). The number of rotatable bonds is 5. The first-order valence-electron chi connectivity index (χ1n) is 5.46. The first-order chi connectivity index (χ1) is 8.86. The summed E-state index contributed by atoms with van der Waals surface area (Å²) in [5.41, 5.74) is 2.07. The van der Waals surface area contributed by atoms with E-state index in [1.807, 2.05) is 0 Å². The molecule has 0 aromatic carbocycles. The Balaban J connectivity index is 3.04. The molecule has 1 atom stereocenters. The zero-order chi connectivity index (χ0) is 14.6. The normalized spacial score (nSPS) is 11.6. The third-order valence-electron chi connectivity index (χ3n) is 2.38. The van der Waals surface area contributed by atoms with Crippen LogP contribution in [0.1, 0.15) is 6.92 Å². The Kier molecular flexibility index (Phi) is 4.59. The molecule has 0 radical (unpaired) electrons. The highest BCUT2D eigenvalue weighted by atomic mass is 16.6. The Bertz CT molecular complexity index is 490. The number of hydrogen-bond acceptors (Lipinski definition) is 7. The maximum absolute atomic E-state index is 11.7. The maximum atomic E-state index is 11.7. The van der Waals surface area contributed by atoms with Crippen LogP contribution < -0.4 is 16.6 Å². The molecule has 0 aliphatic carbocycles. The van der Waals surface area contributed by atoms with E-state index in [-0.39, 0.29) is 23.2 Å². The molecule has 9 nitrogen and oxygen atoms in total. The molecular weight excluding hydrogens is 252 g/mol. The van der Waals surface area contributed by atoms with Gasteiger partial charge in [0.15, 0.2) is 0 Å². The number of hydrogen-bond donors (Lipinski definition) is 3. The lowest BCUT2D eigenvalue weighted by Gasteiger charge is -2.18. The number of nitrogens with one attached hydrogen (secondary N) is 2. The maximum Gasteiger partial charge on any atom is 0.311 e. The molecular formula is C10H16N6O3. The predicted octanol–water partition coefficient (Wildman–Crippen LogP) is 0.164. The van der Waals surface area contributed by atoms with Gasteiger partial charge in [0.05, 0.1) is 4.92 Å². The second-order valence-corrected chi connectivity index (χ2v) is 4.06. The largest absolute Gasteiger partial charge is 0.353 e. The molecule has 0 spiro atoms. The lowest BCUT2D eigenvalue weighted by atomic mass is 10.3. The molecule has 4 N–H and O–H groups in total. The number of carbonyl (C=O) groups is 1. The lowest BCUT2D eigenvalue weighted by molar-refractivity contribution is -0.384. The van der Waals surface area contributed by atoms with Crippen LogP contribution in [-0.2, 0) is 4.79 Å². The Labute approximate surface area is 109 Å². The van der Waals surface area contributed by atoms with Gasteiger partial charge in [-0.15, -0.1) is 0 Å². The number of nitrogens with two attached hydrogens (primary N) is 1. The van der Waals surface area contributed by atoms with Crippen molar-refractivity contribution in [3.63, 3.8) is 0 Å². The minimum Gasteiger partial charge on any atom is -0.353 e.